The zero-order chi connectivity index (χ0) is 9.14. The fourth-order valence-corrected chi connectivity index (χ4v) is 0.877. The molecule has 0 spiro atoms. The lowest BCUT2D eigenvalue weighted by atomic mass is 10.3. The molecule has 0 radical (unpaired) electrons. The summed E-state index contributed by atoms with van der Waals surface area (Å²) in [5.41, 5.74) is 0.121. The summed E-state index contributed by atoms with van der Waals surface area (Å²) in [5.74, 6) is -0.0857. The summed E-state index contributed by atoms with van der Waals surface area (Å²) in [5, 5.41) is 9.64. The molecule has 1 aromatic carbocycles. The number of benzene rings is 1. The summed E-state index contributed by atoms with van der Waals surface area (Å²) >= 11 is 0. The number of nitrogens with zero attached hydrogens (tertiary/aromatic N) is 1. The van der Waals surface area contributed by atoms with E-state index in [1.54, 1.807) is 6.07 Å². The Balaban J connectivity index is 3.03. The third kappa shape index (κ3) is 1.65. The Hall–Kier alpha value is -1.29. The quantitative estimate of drug-likeness (QED) is 0.687. The highest BCUT2D eigenvalue weighted by atomic mass is 19.1. The minimum Gasteiger partial charge on any atom is -0.497 e. The van der Waals surface area contributed by atoms with Crippen molar-refractivity contribution in [1.29, 1.82) is 0 Å². The molecule has 0 unspecified atom stereocenters. The highest BCUT2D eigenvalue weighted by molar-refractivity contribution is 5.47. The fraction of sp³-hybridized carbons (Fsp3) is 0.250. The average Bonchev–Trinajstić information content (AvgIpc) is 2.03. The van der Waals surface area contributed by atoms with Gasteiger partial charge in [0.1, 0.15) is 5.75 Å². The van der Waals surface area contributed by atoms with Crippen LogP contribution < -0.4 is 9.80 Å². The monoisotopic (exact) mass is 171 g/mol. The number of rotatable bonds is 2. The molecule has 0 aliphatic heterocycles. The summed E-state index contributed by atoms with van der Waals surface area (Å²) in [6, 6.07) is 4.22. The van der Waals surface area contributed by atoms with Crippen LogP contribution in [0.25, 0.3) is 0 Å². The number of hydrogen-bond acceptors (Lipinski definition) is 3. The molecule has 1 rings (SSSR count). The average molecular weight is 171 g/mol. The smallest absolute Gasteiger partial charge is 0.152 e. The van der Waals surface area contributed by atoms with Crippen LogP contribution in [0.15, 0.2) is 18.2 Å². The number of ether oxygens (including phenoxy) is 1. The molecule has 3 nitrogen and oxygen atoms in total. The highest BCUT2D eigenvalue weighted by Crippen LogP contribution is 2.21. The first kappa shape index (κ1) is 8.80. The van der Waals surface area contributed by atoms with Crippen LogP contribution in [0.4, 0.5) is 10.1 Å². The Bertz CT molecular complexity index is 276. The van der Waals surface area contributed by atoms with Gasteiger partial charge in [-0.3, -0.25) is 10.3 Å². The van der Waals surface area contributed by atoms with Gasteiger partial charge in [-0.25, -0.2) is 4.39 Å². The first-order chi connectivity index (χ1) is 5.65. The van der Waals surface area contributed by atoms with Crippen molar-refractivity contribution in [3.63, 3.8) is 0 Å². The number of hydrogen-bond donors (Lipinski definition) is 1. The Morgan fingerprint density at radius 3 is 2.58 bits per heavy atom. The number of anilines is 1. The number of halogens is 1. The molecule has 12 heavy (non-hydrogen) atoms. The lowest BCUT2D eigenvalue weighted by Gasteiger charge is -2.11. The summed E-state index contributed by atoms with van der Waals surface area (Å²) < 4.78 is 17.8. The van der Waals surface area contributed by atoms with Crippen molar-refractivity contribution in [2.45, 2.75) is 0 Å². The number of hydroxylamine groups is 1. The molecule has 66 valence electrons. The van der Waals surface area contributed by atoms with E-state index in [2.05, 4.69) is 0 Å². The zero-order valence-electron chi connectivity index (χ0n) is 6.91. The van der Waals surface area contributed by atoms with Gasteiger partial charge < -0.3 is 4.74 Å². The Morgan fingerprint density at radius 1 is 1.50 bits per heavy atom. The van der Waals surface area contributed by atoms with Crippen LogP contribution in [-0.4, -0.2) is 19.4 Å². The van der Waals surface area contributed by atoms with E-state index in [9.17, 15) is 4.39 Å². The molecule has 4 heteroatoms. The molecule has 1 N–H and O–H groups in total. The second kappa shape index (κ2) is 3.40. The van der Waals surface area contributed by atoms with Crippen LogP contribution in [0.5, 0.6) is 5.75 Å². The SMILES string of the molecule is COc1ccc(N(C)O)c(F)c1. The molecule has 0 aromatic heterocycles. The van der Waals surface area contributed by atoms with Gasteiger partial charge in [0.25, 0.3) is 0 Å². The topological polar surface area (TPSA) is 32.7 Å². The van der Waals surface area contributed by atoms with Crippen molar-refractivity contribution in [3.8, 4) is 5.75 Å². The zero-order valence-corrected chi connectivity index (χ0v) is 6.91. The van der Waals surface area contributed by atoms with E-state index >= 15 is 0 Å². The summed E-state index contributed by atoms with van der Waals surface area (Å²) in [7, 11) is 2.81. The van der Waals surface area contributed by atoms with Crippen molar-refractivity contribution >= 4 is 5.69 Å². The second-order valence-corrected chi connectivity index (χ2v) is 2.34. The van der Waals surface area contributed by atoms with E-state index < -0.39 is 5.82 Å². The van der Waals surface area contributed by atoms with Crippen LogP contribution in [0, 0.1) is 5.82 Å². The van der Waals surface area contributed by atoms with Crippen molar-refractivity contribution in [2.24, 2.45) is 0 Å². The lowest BCUT2D eigenvalue weighted by molar-refractivity contribution is 0.275. The molecule has 0 atom stereocenters. The molecule has 0 fully saturated rings. The van der Waals surface area contributed by atoms with E-state index in [1.165, 1.54) is 26.3 Å². The fourth-order valence-electron chi connectivity index (χ4n) is 0.877. The highest BCUT2D eigenvalue weighted by Gasteiger charge is 2.05. The van der Waals surface area contributed by atoms with E-state index in [4.69, 9.17) is 9.94 Å². The van der Waals surface area contributed by atoms with Crippen LogP contribution in [0.2, 0.25) is 0 Å². The molecule has 0 heterocycles. The van der Waals surface area contributed by atoms with Crippen molar-refractivity contribution in [1.82, 2.24) is 0 Å². The van der Waals surface area contributed by atoms with Gasteiger partial charge in [0, 0.05) is 13.1 Å². The standard InChI is InChI=1S/C8H10FNO2/c1-10(11)8-4-3-6(12-2)5-7(8)9/h3-5,11H,1-2H3. The normalized spacial score (nSPS) is 9.67. The Kier molecular flexibility index (Phi) is 2.50. The third-order valence-electron chi connectivity index (χ3n) is 1.50. The van der Waals surface area contributed by atoms with Crippen molar-refractivity contribution < 1.29 is 14.3 Å². The van der Waals surface area contributed by atoms with E-state index in [0.717, 1.165) is 5.06 Å². The minimum atomic E-state index is -0.514. The molecular weight excluding hydrogens is 161 g/mol. The molecule has 0 saturated heterocycles. The Labute approximate surface area is 69.9 Å². The maximum atomic E-state index is 13.0. The molecule has 0 saturated carbocycles. The van der Waals surface area contributed by atoms with E-state index in [-0.39, 0.29) is 5.69 Å². The molecule has 0 aliphatic carbocycles. The van der Waals surface area contributed by atoms with Crippen LogP contribution in [-0.2, 0) is 0 Å². The summed E-state index contributed by atoms with van der Waals surface area (Å²) in [6.45, 7) is 0. The van der Waals surface area contributed by atoms with E-state index in [0.29, 0.717) is 5.75 Å². The van der Waals surface area contributed by atoms with Gasteiger partial charge in [0.05, 0.1) is 12.8 Å². The van der Waals surface area contributed by atoms with Crippen LogP contribution in [0.3, 0.4) is 0 Å². The second-order valence-electron chi connectivity index (χ2n) is 2.34. The van der Waals surface area contributed by atoms with Gasteiger partial charge in [-0.2, -0.15) is 0 Å². The van der Waals surface area contributed by atoms with Gasteiger partial charge in [-0.15, -0.1) is 0 Å². The van der Waals surface area contributed by atoms with Gasteiger partial charge in [-0.05, 0) is 12.1 Å². The largest absolute Gasteiger partial charge is 0.497 e. The molecule has 0 amide bonds. The summed E-state index contributed by atoms with van der Waals surface area (Å²) in [6.07, 6.45) is 0. The predicted molar refractivity (Wildman–Crippen MR) is 43.1 cm³/mol. The molecule has 0 bridgehead atoms. The molecular formula is C8H10FNO2. The van der Waals surface area contributed by atoms with Gasteiger partial charge in [0.2, 0.25) is 0 Å². The molecule has 0 aliphatic rings. The van der Waals surface area contributed by atoms with Crippen molar-refractivity contribution in [2.75, 3.05) is 19.2 Å². The van der Waals surface area contributed by atoms with Crippen LogP contribution >= 0.6 is 0 Å². The maximum absolute atomic E-state index is 13.0. The molecule has 1 aromatic rings. The van der Waals surface area contributed by atoms with E-state index in [1.807, 2.05) is 0 Å². The first-order valence-electron chi connectivity index (χ1n) is 3.41. The van der Waals surface area contributed by atoms with Gasteiger partial charge >= 0.3 is 0 Å². The lowest BCUT2D eigenvalue weighted by Crippen LogP contribution is -2.11. The maximum Gasteiger partial charge on any atom is 0.152 e. The first-order valence-corrected chi connectivity index (χ1v) is 3.41. The van der Waals surface area contributed by atoms with Gasteiger partial charge in [0.15, 0.2) is 5.82 Å². The Morgan fingerprint density at radius 2 is 2.17 bits per heavy atom. The van der Waals surface area contributed by atoms with Crippen LogP contribution in [0.1, 0.15) is 0 Å². The number of methoxy groups -OCH3 is 1. The minimum absolute atomic E-state index is 0.121. The third-order valence-corrected chi connectivity index (χ3v) is 1.50. The van der Waals surface area contributed by atoms with Crippen molar-refractivity contribution in [3.05, 3.63) is 24.0 Å². The van der Waals surface area contributed by atoms with Gasteiger partial charge in [-0.1, -0.05) is 0 Å². The summed E-state index contributed by atoms with van der Waals surface area (Å²) in [4.78, 5) is 0. The predicted octanol–water partition coefficient (Wildman–Crippen LogP) is 1.66.